The molecule has 0 aromatic heterocycles. The van der Waals surface area contributed by atoms with Crippen LogP contribution in [0, 0.1) is 0 Å². The summed E-state index contributed by atoms with van der Waals surface area (Å²) < 4.78 is 0.558. The molecule has 0 heterocycles. The minimum atomic E-state index is -0.842. The molecule has 0 aliphatic carbocycles. The van der Waals surface area contributed by atoms with E-state index in [1.807, 2.05) is 0 Å². The largest absolute Gasteiger partial charge is 0.481 e. The molecule has 0 aromatic carbocycles. The third kappa shape index (κ3) is 20.7. The van der Waals surface area contributed by atoms with Crippen molar-refractivity contribution in [3.8, 4) is 0 Å². The fourth-order valence-corrected chi connectivity index (χ4v) is 4.47. The number of carbonyl (C=O) groups is 3. The third-order valence-corrected chi connectivity index (χ3v) is 6.45. The molecule has 34 heavy (non-hydrogen) atoms. The van der Waals surface area contributed by atoms with Crippen LogP contribution in [-0.4, -0.2) is 63.9 Å². The molecule has 0 amide bonds. The molecule has 198 valence electrons. The highest BCUT2D eigenvalue weighted by atomic mass is 16.4. The normalized spacial score (nSPS) is 11.8. The number of rotatable bonds is 25. The molecule has 0 saturated carbocycles. The highest BCUT2D eigenvalue weighted by Gasteiger charge is 2.26. The second-order valence-corrected chi connectivity index (χ2v) is 9.63. The Kier molecular flexibility index (Phi) is 20.4. The van der Waals surface area contributed by atoms with Crippen molar-refractivity contribution in [3.63, 3.8) is 0 Å². The molecule has 0 spiro atoms. The highest BCUT2D eigenvalue weighted by Crippen LogP contribution is 2.16. The van der Waals surface area contributed by atoms with Crippen LogP contribution in [0.25, 0.3) is 0 Å². The average molecular weight is 485 g/mol. The van der Waals surface area contributed by atoms with Gasteiger partial charge in [-0.2, -0.15) is 0 Å². The first kappa shape index (κ1) is 32.1. The number of allylic oxidation sites excluding steroid dienone is 1. The van der Waals surface area contributed by atoms with Gasteiger partial charge in [0.25, 0.3) is 0 Å². The molecule has 0 fully saturated rings. The second kappa shape index (κ2) is 21.6. The molecule has 0 bridgehead atoms. The van der Waals surface area contributed by atoms with E-state index < -0.39 is 17.9 Å². The molecular formula is C27H50NO6+. The van der Waals surface area contributed by atoms with Crippen molar-refractivity contribution in [2.24, 2.45) is 0 Å². The summed E-state index contributed by atoms with van der Waals surface area (Å²) in [4.78, 5) is 33.0. The lowest BCUT2D eigenvalue weighted by atomic mass is 10.1. The first-order valence-electron chi connectivity index (χ1n) is 13.5. The number of carboxylic acid groups (broad SMARTS) is 3. The van der Waals surface area contributed by atoms with Crippen LogP contribution in [0.2, 0.25) is 0 Å². The number of nitrogens with zero attached hydrogens (tertiary/aromatic N) is 1. The van der Waals surface area contributed by atoms with E-state index in [0.29, 0.717) is 49.9 Å². The number of hydrogen-bond donors (Lipinski definition) is 3. The van der Waals surface area contributed by atoms with E-state index in [2.05, 4.69) is 19.1 Å². The molecule has 0 atom stereocenters. The van der Waals surface area contributed by atoms with E-state index >= 15 is 0 Å². The SMILES string of the molecule is CCCCCCCCCCCC/C=C/C[N+](CCCC(=O)O)(CCCC(=O)O)CCCC(=O)O. The molecule has 0 saturated heterocycles. The van der Waals surface area contributed by atoms with Gasteiger partial charge in [-0.15, -0.1) is 0 Å². The molecule has 0 aliphatic heterocycles. The molecule has 0 aromatic rings. The molecular weight excluding hydrogens is 434 g/mol. The first-order chi connectivity index (χ1) is 16.3. The number of aliphatic carboxylic acids is 3. The van der Waals surface area contributed by atoms with Crippen LogP contribution >= 0.6 is 0 Å². The predicted octanol–water partition coefficient (Wildman–Crippen LogP) is 6.26. The van der Waals surface area contributed by atoms with Crippen molar-refractivity contribution in [1.82, 2.24) is 0 Å². The topological polar surface area (TPSA) is 112 Å². The fraction of sp³-hybridized carbons (Fsp3) is 0.815. The Bertz CT molecular complexity index is 525. The Morgan fingerprint density at radius 3 is 1.32 bits per heavy atom. The Balaban J connectivity index is 4.55. The van der Waals surface area contributed by atoms with Gasteiger partial charge in [-0.1, -0.05) is 70.8 Å². The quantitative estimate of drug-likeness (QED) is 0.0800. The van der Waals surface area contributed by atoms with Crippen molar-refractivity contribution in [2.75, 3.05) is 26.2 Å². The number of hydrogen-bond acceptors (Lipinski definition) is 3. The van der Waals surface area contributed by atoms with Gasteiger partial charge < -0.3 is 19.8 Å². The standard InChI is InChI=1S/C27H49NO6/c1-2-3-4-5-6-7-8-9-10-11-12-13-14-21-28(22-15-18-25(29)30,23-16-19-26(31)32)24-17-20-27(33)34/h13-14H,2-12,15-24H2,1H3,(H2-,29,30,31,32,33,34)/p+1/b14-13+. The Morgan fingerprint density at radius 2 is 0.941 bits per heavy atom. The zero-order chi connectivity index (χ0) is 25.5. The summed E-state index contributed by atoms with van der Waals surface area (Å²) in [5, 5.41) is 27.1. The van der Waals surface area contributed by atoms with Crippen molar-refractivity contribution in [1.29, 1.82) is 0 Å². The molecule has 0 unspecified atom stereocenters. The van der Waals surface area contributed by atoms with Gasteiger partial charge in [-0.25, -0.2) is 0 Å². The van der Waals surface area contributed by atoms with Crippen molar-refractivity contribution < 1.29 is 34.2 Å². The lowest BCUT2D eigenvalue weighted by Gasteiger charge is -2.38. The number of carboxylic acids is 3. The Morgan fingerprint density at radius 1 is 0.559 bits per heavy atom. The second-order valence-electron chi connectivity index (χ2n) is 9.63. The summed E-state index contributed by atoms with van der Waals surface area (Å²) in [6.45, 7) is 4.79. The van der Waals surface area contributed by atoms with Crippen LogP contribution in [0.4, 0.5) is 0 Å². The van der Waals surface area contributed by atoms with E-state index in [1.54, 1.807) is 0 Å². The van der Waals surface area contributed by atoms with E-state index in [4.69, 9.17) is 15.3 Å². The number of quaternary nitrogens is 1. The highest BCUT2D eigenvalue weighted by molar-refractivity contribution is 5.67. The molecule has 3 N–H and O–H groups in total. The van der Waals surface area contributed by atoms with E-state index in [0.717, 1.165) is 12.8 Å². The maximum Gasteiger partial charge on any atom is 0.303 e. The van der Waals surface area contributed by atoms with Gasteiger partial charge in [-0.05, 0) is 18.9 Å². The van der Waals surface area contributed by atoms with Crippen molar-refractivity contribution in [2.45, 2.75) is 116 Å². The molecule has 7 heteroatoms. The van der Waals surface area contributed by atoms with Crippen LogP contribution in [0.1, 0.15) is 116 Å². The van der Waals surface area contributed by atoms with Crippen LogP contribution in [-0.2, 0) is 14.4 Å². The summed E-state index contributed by atoms with van der Waals surface area (Å²) in [5.74, 6) is -2.53. The number of unbranched alkanes of at least 4 members (excludes halogenated alkanes) is 10. The van der Waals surface area contributed by atoms with Crippen LogP contribution < -0.4 is 0 Å². The molecule has 0 aliphatic rings. The maximum atomic E-state index is 11.0. The molecule has 7 nitrogen and oxygen atoms in total. The maximum absolute atomic E-state index is 11.0. The summed E-state index contributed by atoms with van der Waals surface area (Å²) in [6, 6.07) is 0. The summed E-state index contributed by atoms with van der Waals surface area (Å²) in [6.07, 6.45) is 20.1. The summed E-state index contributed by atoms with van der Waals surface area (Å²) in [5.41, 5.74) is 0. The van der Waals surface area contributed by atoms with E-state index in [1.165, 1.54) is 57.8 Å². The van der Waals surface area contributed by atoms with Gasteiger partial charge in [0.2, 0.25) is 0 Å². The van der Waals surface area contributed by atoms with Crippen LogP contribution in [0.15, 0.2) is 12.2 Å². The first-order valence-corrected chi connectivity index (χ1v) is 13.5. The molecule has 0 rings (SSSR count). The van der Waals surface area contributed by atoms with Crippen LogP contribution in [0.5, 0.6) is 0 Å². The Labute approximate surface area is 206 Å². The lowest BCUT2D eigenvalue weighted by molar-refractivity contribution is -0.923. The van der Waals surface area contributed by atoms with Gasteiger partial charge in [0.1, 0.15) is 0 Å². The third-order valence-electron chi connectivity index (χ3n) is 6.45. The minimum absolute atomic E-state index is 0.0696. The smallest absolute Gasteiger partial charge is 0.303 e. The van der Waals surface area contributed by atoms with E-state index in [-0.39, 0.29) is 19.3 Å². The Hall–Kier alpha value is -1.89. The summed E-state index contributed by atoms with van der Waals surface area (Å²) >= 11 is 0. The zero-order valence-electron chi connectivity index (χ0n) is 21.5. The van der Waals surface area contributed by atoms with Gasteiger partial charge in [0, 0.05) is 19.3 Å². The monoisotopic (exact) mass is 484 g/mol. The van der Waals surface area contributed by atoms with Gasteiger partial charge in [0.15, 0.2) is 0 Å². The van der Waals surface area contributed by atoms with Gasteiger partial charge in [0.05, 0.1) is 45.4 Å². The van der Waals surface area contributed by atoms with Gasteiger partial charge in [-0.3, -0.25) is 14.4 Å². The lowest BCUT2D eigenvalue weighted by Crippen LogP contribution is -2.50. The fourth-order valence-electron chi connectivity index (χ4n) is 4.47. The molecule has 0 radical (unpaired) electrons. The average Bonchev–Trinajstić information content (AvgIpc) is 2.76. The van der Waals surface area contributed by atoms with Crippen molar-refractivity contribution >= 4 is 17.9 Å². The van der Waals surface area contributed by atoms with E-state index in [9.17, 15) is 14.4 Å². The summed E-state index contributed by atoms with van der Waals surface area (Å²) in [7, 11) is 0. The van der Waals surface area contributed by atoms with Gasteiger partial charge >= 0.3 is 17.9 Å². The van der Waals surface area contributed by atoms with Crippen molar-refractivity contribution in [3.05, 3.63) is 12.2 Å². The predicted molar refractivity (Wildman–Crippen MR) is 136 cm³/mol. The zero-order valence-corrected chi connectivity index (χ0v) is 21.5. The minimum Gasteiger partial charge on any atom is -0.481 e. The van der Waals surface area contributed by atoms with Crippen LogP contribution in [0.3, 0.4) is 0 Å².